The van der Waals surface area contributed by atoms with Gasteiger partial charge in [-0.05, 0) is 37.1 Å². The van der Waals surface area contributed by atoms with Crippen molar-refractivity contribution in [1.29, 1.82) is 0 Å². The molecule has 0 saturated carbocycles. The molecule has 3 rings (SSSR count). The van der Waals surface area contributed by atoms with Gasteiger partial charge in [-0.2, -0.15) is 0 Å². The van der Waals surface area contributed by atoms with Crippen LogP contribution >= 0.6 is 0 Å². The summed E-state index contributed by atoms with van der Waals surface area (Å²) in [5, 5.41) is 9.98. The summed E-state index contributed by atoms with van der Waals surface area (Å²) < 4.78 is 7.33. The van der Waals surface area contributed by atoms with Crippen LogP contribution in [0.15, 0.2) is 36.4 Å². The van der Waals surface area contributed by atoms with E-state index in [0.29, 0.717) is 11.5 Å². The monoisotopic (exact) mass is 283 g/mol. The highest BCUT2D eigenvalue weighted by Gasteiger charge is 2.26. The molecule has 1 aromatic carbocycles. The molecule has 108 valence electrons. The number of esters is 1. The van der Waals surface area contributed by atoms with Crippen molar-refractivity contribution in [2.24, 2.45) is 7.05 Å². The number of hydrogen-bond acceptors (Lipinski definition) is 3. The molecular weight excluding hydrogens is 266 g/mol. The third-order valence-electron chi connectivity index (χ3n) is 3.91. The number of benzene rings is 1. The first-order valence-electron chi connectivity index (χ1n) is 6.83. The third-order valence-corrected chi connectivity index (χ3v) is 3.91. The molecule has 0 fully saturated rings. The number of fused-ring (bicyclic) bond motifs is 1. The maximum atomic E-state index is 12.4. The molecule has 1 aromatic heterocycles. The van der Waals surface area contributed by atoms with Crippen LogP contribution in [-0.2, 0) is 11.8 Å². The third kappa shape index (κ3) is 2.17. The lowest BCUT2D eigenvalue weighted by atomic mass is 10.1. The van der Waals surface area contributed by atoms with Crippen LogP contribution < -0.4 is 0 Å². The van der Waals surface area contributed by atoms with Gasteiger partial charge in [0.25, 0.3) is 0 Å². The highest BCUT2D eigenvalue weighted by Crippen LogP contribution is 2.35. The van der Waals surface area contributed by atoms with Crippen molar-refractivity contribution in [3.63, 3.8) is 0 Å². The number of ether oxygens (including phenoxy) is 1. The van der Waals surface area contributed by atoms with Crippen molar-refractivity contribution in [2.75, 3.05) is 0 Å². The SMILES string of the molecule is Cc1cc(C)n(C)c1C(=O)OC1=CC(O)c2ccccc21. The normalized spacial score (nSPS) is 16.6. The number of aliphatic hydroxyl groups is 1. The van der Waals surface area contributed by atoms with E-state index in [1.165, 1.54) is 0 Å². The van der Waals surface area contributed by atoms with Gasteiger partial charge in [-0.15, -0.1) is 0 Å². The Morgan fingerprint density at radius 3 is 2.67 bits per heavy atom. The molecule has 0 saturated heterocycles. The van der Waals surface area contributed by atoms with Gasteiger partial charge in [0.15, 0.2) is 0 Å². The zero-order valence-corrected chi connectivity index (χ0v) is 12.3. The van der Waals surface area contributed by atoms with Gasteiger partial charge >= 0.3 is 5.97 Å². The largest absolute Gasteiger partial charge is 0.421 e. The van der Waals surface area contributed by atoms with Crippen LogP contribution in [-0.4, -0.2) is 15.6 Å². The van der Waals surface area contributed by atoms with E-state index in [2.05, 4.69) is 0 Å². The number of aryl methyl sites for hydroxylation is 2. The highest BCUT2D eigenvalue weighted by atomic mass is 16.5. The van der Waals surface area contributed by atoms with Gasteiger partial charge < -0.3 is 14.4 Å². The van der Waals surface area contributed by atoms with Crippen LogP contribution in [0.2, 0.25) is 0 Å². The lowest BCUT2D eigenvalue weighted by molar-refractivity contribution is 0.0680. The van der Waals surface area contributed by atoms with Crippen molar-refractivity contribution in [3.8, 4) is 0 Å². The fraction of sp³-hybridized carbons (Fsp3) is 0.235. The lowest BCUT2D eigenvalue weighted by Gasteiger charge is -2.09. The van der Waals surface area contributed by atoms with Gasteiger partial charge in [0.1, 0.15) is 17.6 Å². The molecule has 4 heteroatoms. The average Bonchev–Trinajstić information content (AvgIpc) is 2.89. The van der Waals surface area contributed by atoms with Gasteiger partial charge in [-0.25, -0.2) is 4.79 Å². The number of aromatic nitrogens is 1. The van der Waals surface area contributed by atoms with Gasteiger partial charge in [0.2, 0.25) is 0 Å². The Balaban J connectivity index is 1.92. The van der Waals surface area contributed by atoms with Crippen molar-refractivity contribution < 1.29 is 14.6 Å². The summed E-state index contributed by atoms with van der Waals surface area (Å²) in [4.78, 5) is 12.4. The Morgan fingerprint density at radius 2 is 2.00 bits per heavy atom. The van der Waals surface area contributed by atoms with Crippen LogP contribution in [0.1, 0.15) is 39.0 Å². The Hall–Kier alpha value is -2.33. The summed E-state index contributed by atoms with van der Waals surface area (Å²) in [5.41, 5.74) is 3.95. The van der Waals surface area contributed by atoms with Gasteiger partial charge in [0, 0.05) is 18.3 Å². The molecule has 4 nitrogen and oxygen atoms in total. The highest BCUT2D eigenvalue weighted by molar-refractivity contribution is 5.94. The predicted octanol–water partition coefficient (Wildman–Crippen LogP) is 2.89. The molecular formula is C17H17NO3. The first kappa shape index (κ1) is 13.6. The predicted molar refractivity (Wildman–Crippen MR) is 79.7 cm³/mol. The van der Waals surface area contributed by atoms with Gasteiger partial charge in [-0.1, -0.05) is 24.3 Å². The number of carbonyl (C=O) groups is 1. The van der Waals surface area contributed by atoms with Gasteiger partial charge in [-0.3, -0.25) is 0 Å². The van der Waals surface area contributed by atoms with E-state index >= 15 is 0 Å². The molecule has 21 heavy (non-hydrogen) atoms. The molecule has 0 amide bonds. The number of nitrogens with zero attached hydrogens (tertiary/aromatic N) is 1. The first-order chi connectivity index (χ1) is 9.99. The molecule has 1 atom stereocenters. The maximum Gasteiger partial charge on any atom is 0.360 e. The van der Waals surface area contributed by atoms with Crippen LogP contribution in [0, 0.1) is 13.8 Å². The van der Waals surface area contributed by atoms with E-state index in [-0.39, 0.29) is 0 Å². The lowest BCUT2D eigenvalue weighted by Crippen LogP contribution is -2.11. The summed E-state index contributed by atoms with van der Waals surface area (Å²) >= 11 is 0. The Kier molecular flexibility index (Phi) is 3.18. The minimum Gasteiger partial charge on any atom is -0.421 e. The Labute approximate surface area is 123 Å². The smallest absolute Gasteiger partial charge is 0.360 e. The zero-order valence-electron chi connectivity index (χ0n) is 12.3. The van der Waals surface area contributed by atoms with Crippen molar-refractivity contribution in [2.45, 2.75) is 20.0 Å². The van der Waals surface area contributed by atoms with Crippen LogP contribution in [0.25, 0.3) is 5.76 Å². The van der Waals surface area contributed by atoms with Crippen LogP contribution in [0.3, 0.4) is 0 Å². The molecule has 1 aliphatic rings. The molecule has 0 aliphatic heterocycles. The molecule has 0 bridgehead atoms. The van der Waals surface area contributed by atoms with Crippen molar-refractivity contribution in [3.05, 3.63) is 64.5 Å². The molecule has 0 radical (unpaired) electrons. The van der Waals surface area contributed by atoms with E-state index < -0.39 is 12.1 Å². The second-order valence-electron chi connectivity index (χ2n) is 5.33. The number of rotatable bonds is 2. The van der Waals surface area contributed by atoms with E-state index in [9.17, 15) is 9.90 Å². The Bertz CT molecular complexity index is 755. The minimum absolute atomic E-state index is 0.404. The minimum atomic E-state index is -0.722. The first-order valence-corrected chi connectivity index (χ1v) is 6.83. The summed E-state index contributed by atoms with van der Waals surface area (Å²) in [6.07, 6.45) is 0.841. The summed E-state index contributed by atoms with van der Waals surface area (Å²) in [7, 11) is 1.84. The molecule has 0 spiro atoms. The van der Waals surface area contributed by atoms with Gasteiger partial charge in [0.05, 0.1) is 0 Å². The summed E-state index contributed by atoms with van der Waals surface area (Å²) in [6.45, 7) is 3.83. The van der Waals surface area contributed by atoms with Crippen molar-refractivity contribution in [1.82, 2.24) is 4.57 Å². The van der Waals surface area contributed by atoms with Crippen LogP contribution in [0.4, 0.5) is 0 Å². The topological polar surface area (TPSA) is 51.5 Å². The average molecular weight is 283 g/mol. The molecule has 1 heterocycles. The van der Waals surface area contributed by atoms with E-state index in [0.717, 1.165) is 22.4 Å². The van der Waals surface area contributed by atoms with Crippen molar-refractivity contribution >= 4 is 11.7 Å². The standard InChI is InChI=1S/C17H17NO3/c1-10-8-11(2)18(3)16(10)17(20)21-15-9-14(19)12-6-4-5-7-13(12)15/h4-9,14,19H,1-3H3. The fourth-order valence-corrected chi connectivity index (χ4v) is 2.76. The van der Waals surface area contributed by atoms with E-state index in [1.807, 2.05) is 55.8 Å². The Morgan fingerprint density at radius 1 is 1.29 bits per heavy atom. The molecule has 2 aromatic rings. The number of hydrogen-bond donors (Lipinski definition) is 1. The quantitative estimate of drug-likeness (QED) is 0.862. The summed E-state index contributed by atoms with van der Waals surface area (Å²) in [5.74, 6) is 0.0135. The molecule has 1 aliphatic carbocycles. The summed E-state index contributed by atoms with van der Waals surface area (Å²) in [6, 6.07) is 9.33. The molecule has 1 N–H and O–H groups in total. The second kappa shape index (κ2) is 4.90. The van der Waals surface area contributed by atoms with E-state index in [1.54, 1.807) is 6.08 Å². The maximum absolute atomic E-state index is 12.4. The number of carbonyl (C=O) groups excluding carboxylic acids is 1. The van der Waals surface area contributed by atoms with E-state index in [4.69, 9.17) is 4.74 Å². The number of aliphatic hydroxyl groups excluding tert-OH is 1. The zero-order chi connectivity index (χ0) is 15.1. The van der Waals surface area contributed by atoms with Crippen LogP contribution in [0.5, 0.6) is 0 Å². The fourth-order valence-electron chi connectivity index (χ4n) is 2.76. The second-order valence-corrected chi connectivity index (χ2v) is 5.33. The molecule has 1 unspecified atom stereocenters.